The zero-order valence-electron chi connectivity index (χ0n) is 15.2. The maximum absolute atomic E-state index is 4.65. The molecule has 0 saturated carbocycles. The maximum Gasteiger partial charge on any atom is 0.107 e. The molecule has 0 bridgehead atoms. The fraction of sp³-hybridized carbons (Fsp3) is 0.429. The van der Waals surface area contributed by atoms with Gasteiger partial charge in [0.05, 0.1) is 16.7 Å². The van der Waals surface area contributed by atoms with E-state index in [2.05, 4.69) is 49.4 Å². The molecule has 5 heteroatoms. The molecule has 2 N–H and O–H groups in total. The Morgan fingerprint density at radius 1 is 1.08 bits per heavy atom. The molecular formula is C21H27N5. The van der Waals surface area contributed by atoms with Crippen LogP contribution in [-0.2, 0) is 13.0 Å². The Morgan fingerprint density at radius 2 is 1.92 bits per heavy atom. The Morgan fingerprint density at radius 3 is 2.73 bits per heavy atom. The number of hydrogen-bond acceptors (Lipinski definition) is 4. The van der Waals surface area contributed by atoms with E-state index in [0.717, 1.165) is 55.9 Å². The van der Waals surface area contributed by atoms with Crippen molar-refractivity contribution in [2.75, 3.05) is 19.6 Å². The number of hydrogen-bond donors (Lipinski definition) is 2. The number of nitrogens with zero attached hydrogens (tertiary/aromatic N) is 3. The van der Waals surface area contributed by atoms with E-state index in [1.165, 1.54) is 18.5 Å². The van der Waals surface area contributed by atoms with Crippen LogP contribution in [0.4, 0.5) is 0 Å². The van der Waals surface area contributed by atoms with Crippen LogP contribution in [0.5, 0.6) is 0 Å². The summed E-state index contributed by atoms with van der Waals surface area (Å²) in [5.41, 5.74) is 3.37. The highest BCUT2D eigenvalue weighted by Crippen LogP contribution is 2.14. The fourth-order valence-corrected chi connectivity index (χ4v) is 3.70. The first-order valence-corrected chi connectivity index (χ1v) is 9.66. The second-order valence-corrected chi connectivity index (χ2v) is 7.13. The molecule has 0 amide bonds. The minimum absolute atomic E-state index is 0.644. The molecule has 4 rings (SSSR count). The zero-order valence-corrected chi connectivity index (χ0v) is 15.2. The predicted molar refractivity (Wildman–Crippen MR) is 105 cm³/mol. The first-order chi connectivity index (χ1) is 12.9. The number of nitrogens with one attached hydrogen (secondary N) is 2. The Kier molecular flexibility index (Phi) is 5.57. The minimum Gasteiger partial charge on any atom is -0.342 e. The molecule has 0 spiro atoms. The molecule has 3 aromatic rings. The third-order valence-corrected chi connectivity index (χ3v) is 5.16. The van der Waals surface area contributed by atoms with Crippen LogP contribution >= 0.6 is 0 Å². The standard InChI is InChI=1S/C21H27N5/c1-2-8-20-19(7-1)24-21(25-20)9-5-13-22-17-10-14-26(15-11-17)16-18-6-3-4-12-23-18/h1-4,6-8,12,17,22H,5,9-11,13-16H2,(H,24,25). The monoisotopic (exact) mass is 349 g/mol. The molecule has 2 aromatic heterocycles. The van der Waals surface area contributed by atoms with E-state index in [1.807, 2.05) is 24.4 Å². The first kappa shape index (κ1) is 17.2. The van der Waals surface area contributed by atoms with E-state index >= 15 is 0 Å². The highest BCUT2D eigenvalue weighted by molar-refractivity contribution is 5.74. The molecule has 26 heavy (non-hydrogen) atoms. The number of piperidine rings is 1. The third kappa shape index (κ3) is 4.48. The molecule has 1 fully saturated rings. The lowest BCUT2D eigenvalue weighted by Gasteiger charge is -2.32. The van der Waals surface area contributed by atoms with Gasteiger partial charge in [0.15, 0.2) is 0 Å². The van der Waals surface area contributed by atoms with Crippen molar-refractivity contribution in [3.8, 4) is 0 Å². The molecule has 1 aliphatic rings. The van der Waals surface area contributed by atoms with Crippen LogP contribution < -0.4 is 5.32 Å². The normalized spacial score (nSPS) is 16.3. The molecule has 3 heterocycles. The van der Waals surface area contributed by atoms with Crippen LogP contribution in [0, 0.1) is 0 Å². The van der Waals surface area contributed by atoms with Gasteiger partial charge < -0.3 is 10.3 Å². The Balaban J connectivity index is 1.15. The number of rotatable bonds is 7. The maximum atomic E-state index is 4.65. The summed E-state index contributed by atoms with van der Waals surface area (Å²) in [5, 5.41) is 3.73. The number of benzene rings is 1. The molecule has 1 aliphatic heterocycles. The molecule has 1 saturated heterocycles. The third-order valence-electron chi connectivity index (χ3n) is 5.16. The van der Waals surface area contributed by atoms with Crippen LogP contribution in [0.15, 0.2) is 48.7 Å². The van der Waals surface area contributed by atoms with Crippen molar-refractivity contribution in [1.29, 1.82) is 0 Å². The number of aryl methyl sites for hydroxylation is 1. The van der Waals surface area contributed by atoms with Crippen LogP contribution in [0.25, 0.3) is 11.0 Å². The average Bonchev–Trinajstić information content (AvgIpc) is 3.10. The van der Waals surface area contributed by atoms with E-state index in [-0.39, 0.29) is 0 Å². The van der Waals surface area contributed by atoms with E-state index in [9.17, 15) is 0 Å². The zero-order chi connectivity index (χ0) is 17.6. The fourth-order valence-electron chi connectivity index (χ4n) is 3.70. The molecule has 0 radical (unpaired) electrons. The molecule has 1 aromatic carbocycles. The second-order valence-electron chi connectivity index (χ2n) is 7.13. The lowest BCUT2D eigenvalue weighted by atomic mass is 10.0. The highest BCUT2D eigenvalue weighted by Gasteiger charge is 2.18. The number of pyridine rings is 1. The Bertz CT molecular complexity index is 772. The summed E-state index contributed by atoms with van der Waals surface area (Å²) in [6, 6.07) is 15.0. The van der Waals surface area contributed by atoms with Crippen molar-refractivity contribution >= 4 is 11.0 Å². The molecule has 5 nitrogen and oxygen atoms in total. The van der Waals surface area contributed by atoms with Gasteiger partial charge in [-0.2, -0.15) is 0 Å². The van der Waals surface area contributed by atoms with E-state index in [4.69, 9.17) is 0 Å². The highest BCUT2D eigenvalue weighted by atomic mass is 15.1. The predicted octanol–water partition coefficient (Wildman–Crippen LogP) is 3.14. The summed E-state index contributed by atoms with van der Waals surface area (Å²) in [7, 11) is 0. The number of fused-ring (bicyclic) bond motifs is 1. The van der Waals surface area contributed by atoms with E-state index < -0.39 is 0 Å². The Hall–Kier alpha value is -2.24. The van der Waals surface area contributed by atoms with Crippen molar-refractivity contribution in [3.05, 3.63) is 60.2 Å². The summed E-state index contributed by atoms with van der Waals surface area (Å²) in [6.45, 7) is 4.33. The summed E-state index contributed by atoms with van der Waals surface area (Å²) in [4.78, 5) is 15.0. The number of aromatic nitrogens is 3. The number of aromatic amines is 1. The molecule has 0 atom stereocenters. The molecule has 136 valence electrons. The number of H-pyrrole nitrogens is 1. The van der Waals surface area contributed by atoms with Gasteiger partial charge in [-0.3, -0.25) is 9.88 Å². The largest absolute Gasteiger partial charge is 0.342 e. The summed E-state index contributed by atoms with van der Waals surface area (Å²) >= 11 is 0. The average molecular weight is 349 g/mol. The second kappa shape index (κ2) is 8.43. The molecule has 0 aliphatic carbocycles. The molecular weight excluding hydrogens is 322 g/mol. The van der Waals surface area contributed by atoms with Crippen molar-refractivity contribution in [1.82, 2.24) is 25.2 Å². The van der Waals surface area contributed by atoms with Gasteiger partial charge in [0, 0.05) is 38.3 Å². The van der Waals surface area contributed by atoms with Gasteiger partial charge in [-0.05, 0) is 50.1 Å². The number of imidazole rings is 1. The summed E-state index contributed by atoms with van der Waals surface area (Å²) in [6.07, 6.45) is 6.44. The van der Waals surface area contributed by atoms with Crippen LogP contribution in [-0.4, -0.2) is 45.5 Å². The van der Waals surface area contributed by atoms with Gasteiger partial charge in [0.25, 0.3) is 0 Å². The van der Waals surface area contributed by atoms with Crippen molar-refractivity contribution in [2.45, 2.75) is 38.3 Å². The SMILES string of the molecule is c1ccc(CN2CCC(NCCCc3nc4ccccc4[nH]3)CC2)nc1. The minimum atomic E-state index is 0.644. The van der Waals surface area contributed by atoms with Gasteiger partial charge in [0.2, 0.25) is 0 Å². The van der Waals surface area contributed by atoms with Crippen LogP contribution in [0.1, 0.15) is 30.8 Å². The van der Waals surface area contributed by atoms with Crippen molar-refractivity contribution < 1.29 is 0 Å². The van der Waals surface area contributed by atoms with Gasteiger partial charge in [0.1, 0.15) is 5.82 Å². The lowest BCUT2D eigenvalue weighted by Crippen LogP contribution is -2.42. The van der Waals surface area contributed by atoms with Crippen LogP contribution in [0.2, 0.25) is 0 Å². The number of likely N-dealkylation sites (tertiary alicyclic amines) is 1. The van der Waals surface area contributed by atoms with E-state index in [0.29, 0.717) is 6.04 Å². The Labute approximate surface area is 154 Å². The van der Waals surface area contributed by atoms with Gasteiger partial charge in [-0.15, -0.1) is 0 Å². The quantitative estimate of drug-likeness (QED) is 0.644. The smallest absolute Gasteiger partial charge is 0.107 e. The van der Waals surface area contributed by atoms with Gasteiger partial charge in [-0.1, -0.05) is 18.2 Å². The van der Waals surface area contributed by atoms with E-state index in [1.54, 1.807) is 0 Å². The number of para-hydroxylation sites is 2. The summed E-state index contributed by atoms with van der Waals surface area (Å²) in [5.74, 6) is 1.10. The van der Waals surface area contributed by atoms with Gasteiger partial charge in [-0.25, -0.2) is 4.98 Å². The summed E-state index contributed by atoms with van der Waals surface area (Å²) < 4.78 is 0. The lowest BCUT2D eigenvalue weighted by molar-refractivity contribution is 0.189. The van der Waals surface area contributed by atoms with Gasteiger partial charge >= 0.3 is 0 Å². The molecule has 0 unspecified atom stereocenters. The topological polar surface area (TPSA) is 56.8 Å². The van der Waals surface area contributed by atoms with Crippen LogP contribution in [0.3, 0.4) is 0 Å². The first-order valence-electron chi connectivity index (χ1n) is 9.66. The van der Waals surface area contributed by atoms with Crippen molar-refractivity contribution in [3.63, 3.8) is 0 Å². The van der Waals surface area contributed by atoms with Crippen molar-refractivity contribution in [2.24, 2.45) is 0 Å².